The molecule has 6 nitrogen and oxygen atoms in total. The summed E-state index contributed by atoms with van der Waals surface area (Å²) < 4.78 is 5.20. The summed E-state index contributed by atoms with van der Waals surface area (Å²) >= 11 is 0. The van der Waals surface area contributed by atoms with E-state index in [0.29, 0.717) is 18.3 Å². The molecule has 1 aliphatic carbocycles. The first-order valence-corrected chi connectivity index (χ1v) is 9.42. The third-order valence-electron chi connectivity index (χ3n) is 5.00. The summed E-state index contributed by atoms with van der Waals surface area (Å²) in [4.78, 5) is 19.2. The van der Waals surface area contributed by atoms with Crippen molar-refractivity contribution in [3.8, 4) is 0 Å². The summed E-state index contributed by atoms with van der Waals surface area (Å²) in [7, 11) is 1.96. The number of nitrogens with one attached hydrogen (secondary N) is 1. The Morgan fingerprint density at radius 3 is 2.50 bits per heavy atom. The minimum Gasteiger partial charge on any atom is -0.342 e. The first-order valence-electron chi connectivity index (χ1n) is 9.42. The number of hydrogen-bond donors (Lipinski definition) is 1. The molecule has 0 radical (unpaired) electrons. The molecule has 1 saturated carbocycles. The van der Waals surface area contributed by atoms with E-state index in [1.165, 1.54) is 18.4 Å². The second-order valence-electron chi connectivity index (χ2n) is 7.34. The third kappa shape index (κ3) is 4.69. The minimum absolute atomic E-state index is 0.00721. The zero-order valence-electron chi connectivity index (χ0n) is 15.7. The van der Waals surface area contributed by atoms with Crippen molar-refractivity contribution < 1.29 is 9.32 Å². The standard InChI is InChI=1S/C20H28N4O2/c1-16-21-19(23-26-16)20(12-8-3-4-9-13-20)22-18(25)15-24(2)14-17-10-6-5-7-11-17/h5-7,10-11H,3-4,8-9,12-15H2,1-2H3,(H,22,25). The molecule has 140 valence electrons. The van der Waals surface area contributed by atoms with E-state index >= 15 is 0 Å². The molecule has 0 saturated heterocycles. The van der Waals surface area contributed by atoms with Crippen LogP contribution in [0.1, 0.15) is 55.8 Å². The van der Waals surface area contributed by atoms with Gasteiger partial charge in [-0.05, 0) is 25.5 Å². The van der Waals surface area contributed by atoms with Gasteiger partial charge in [-0.15, -0.1) is 0 Å². The van der Waals surface area contributed by atoms with Gasteiger partial charge in [0.15, 0.2) is 5.82 Å². The molecule has 1 N–H and O–H groups in total. The molecule has 6 heteroatoms. The van der Waals surface area contributed by atoms with Crippen LogP contribution in [-0.4, -0.2) is 34.5 Å². The number of carbonyl (C=O) groups excluding carboxylic acids is 1. The van der Waals surface area contributed by atoms with E-state index in [9.17, 15) is 4.79 Å². The van der Waals surface area contributed by atoms with Crippen LogP contribution in [0.5, 0.6) is 0 Å². The van der Waals surface area contributed by atoms with Gasteiger partial charge in [-0.25, -0.2) is 0 Å². The molecule has 0 spiro atoms. The monoisotopic (exact) mass is 356 g/mol. The summed E-state index contributed by atoms with van der Waals surface area (Å²) in [6.45, 7) is 2.87. The summed E-state index contributed by atoms with van der Waals surface area (Å²) in [5, 5.41) is 7.39. The largest absolute Gasteiger partial charge is 0.342 e. The topological polar surface area (TPSA) is 71.3 Å². The molecule has 26 heavy (non-hydrogen) atoms. The highest BCUT2D eigenvalue weighted by Gasteiger charge is 2.38. The third-order valence-corrected chi connectivity index (χ3v) is 5.00. The molecule has 0 atom stereocenters. The summed E-state index contributed by atoms with van der Waals surface area (Å²) in [5.41, 5.74) is 0.694. The molecule has 3 rings (SSSR count). The normalized spacial score (nSPS) is 17.0. The lowest BCUT2D eigenvalue weighted by Crippen LogP contribution is -2.49. The molecular weight excluding hydrogens is 328 g/mol. The Labute approximate surface area is 155 Å². The smallest absolute Gasteiger partial charge is 0.234 e. The molecule has 1 heterocycles. The van der Waals surface area contributed by atoms with E-state index < -0.39 is 5.54 Å². The second kappa shape index (κ2) is 8.45. The van der Waals surface area contributed by atoms with Gasteiger partial charge in [0, 0.05) is 13.5 Å². The van der Waals surface area contributed by atoms with E-state index in [1.54, 1.807) is 6.92 Å². The van der Waals surface area contributed by atoms with Crippen LogP contribution in [0, 0.1) is 6.92 Å². The summed E-state index contributed by atoms with van der Waals surface area (Å²) in [5.74, 6) is 1.17. The van der Waals surface area contributed by atoms with Crippen molar-refractivity contribution in [3.05, 3.63) is 47.6 Å². The lowest BCUT2D eigenvalue weighted by atomic mass is 9.89. The molecule has 0 unspecified atom stereocenters. The van der Waals surface area contributed by atoms with E-state index in [0.717, 1.165) is 32.2 Å². The zero-order chi connectivity index (χ0) is 18.4. The van der Waals surface area contributed by atoms with Gasteiger partial charge < -0.3 is 9.84 Å². The molecule has 1 fully saturated rings. The number of aromatic nitrogens is 2. The second-order valence-corrected chi connectivity index (χ2v) is 7.34. The Hall–Kier alpha value is -2.21. The molecule has 1 amide bonds. The molecular formula is C20H28N4O2. The number of aryl methyl sites for hydroxylation is 1. The van der Waals surface area contributed by atoms with Crippen molar-refractivity contribution in [3.63, 3.8) is 0 Å². The lowest BCUT2D eigenvalue weighted by Gasteiger charge is -2.31. The first kappa shape index (κ1) is 18.6. The highest BCUT2D eigenvalue weighted by molar-refractivity contribution is 5.79. The van der Waals surface area contributed by atoms with Gasteiger partial charge >= 0.3 is 0 Å². The van der Waals surface area contributed by atoms with Crippen LogP contribution in [0.3, 0.4) is 0 Å². The maximum absolute atomic E-state index is 12.8. The Kier molecular flexibility index (Phi) is 6.04. The van der Waals surface area contributed by atoms with Crippen molar-refractivity contribution >= 4 is 5.91 Å². The van der Waals surface area contributed by atoms with Crippen LogP contribution < -0.4 is 5.32 Å². The molecule has 2 aromatic rings. The number of likely N-dealkylation sites (N-methyl/N-ethyl adjacent to an activating group) is 1. The fourth-order valence-corrected chi connectivity index (χ4v) is 3.73. The number of hydrogen-bond acceptors (Lipinski definition) is 5. The van der Waals surface area contributed by atoms with E-state index in [1.807, 2.05) is 30.1 Å². The van der Waals surface area contributed by atoms with Gasteiger partial charge in [-0.1, -0.05) is 61.2 Å². The van der Waals surface area contributed by atoms with Crippen molar-refractivity contribution in [2.75, 3.05) is 13.6 Å². The quantitative estimate of drug-likeness (QED) is 0.805. The van der Waals surface area contributed by atoms with Gasteiger partial charge in [0.2, 0.25) is 11.8 Å². The van der Waals surface area contributed by atoms with Gasteiger partial charge in [-0.2, -0.15) is 4.98 Å². The van der Waals surface area contributed by atoms with Crippen molar-refractivity contribution in [2.45, 2.75) is 57.5 Å². The number of benzene rings is 1. The van der Waals surface area contributed by atoms with Gasteiger partial charge in [0.05, 0.1) is 6.54 Å². The molecule has 0 bridgehead atoms. The average molecular weight is 356 g/mol. The van der Waals surface area contributed by atoms with Crippen LogP contribution in [-0.2, 0) is 16.9 Å². The van der Waals surface area contributed by atoms with Crippen LogP contribution in [0.15, 0.2) is 34.9 Å². The van der Waals surface area contributed by atoms with E-state index in [2.05, 4.69) is 27.6 Å². The van der Waals surface area contributed by atoms with Gasteiger partial charge in [0.1, 0.15) is 5.54 Å². The Bertz CT molecular complexity index is 706. The van der Waals surface area contributed by atoms with Crippen molar-refractivity contribution in [2.24, 2.45) is 0 Å². The van der Waals surface area contributed by atoms with Crippen LogP contribution in [0.25, 0.3) is 0 Å². The van der Waals surface area contributed by atoms with Crippen LogP contribution >= 0.6 is 0 Å². The number of amides is 1. The highest BCUT2D eigenvalue weighted by Crippen LogP contribution is 2.34. The van der Waals surface area contributed by atoms with Gasteiger partial charge in [0.25, 0.3) is 0 Å². The maximum atomic E-state index is 12.8. The minimum atomic E-state index is -0.501. The Morgan fingerprint density at radius 2 is 1.88 bits per heavy atom. The number of rotatable bonds is 6. The molecule has 1 aromatic carbocycles. The van der Waals surface area contributed by atoms with E-state index in [4.69, 9.17) is 4.52 Å². The van der Waals surface area contributed by atoms with Crippen LogP contribution in [0.4, 0.5) is 0 Å². The number of carbonyl (C=O) groups is 1. The van der Waals surface area contributed by atoms with E-state index in [-0.39, 0.29) is 5.91 Å². The average Bonchev–Trinajstić information content (AvgIpc) is 2.92. The lowest BCUT2D eigenvalue weighted by molar-refractivity contribution is -0.124. The fourth-order valence-electron chi connectivity index (χ4n) is 3.73. The highest BCUT2D eigenvalue weighted by atomic mass is 16.5. The molecule has 1 aromatic heterocycles. The predicted octanol–water partition coefficient (Wildman–Crippen LogP) is 3.18. The SMILES string of the molecule is Cc1nc(C2(NC(=O)CN(C)Cc3ccccc3)CCCCCC2)no1. The van der Waals surface area contributed by atoms with Crippen LogP contribution in [0.2, 0.25) is 0 Å². The predicted molar refractivity (Wildman–Crippen MR) is 99.3 cm³/mol. The first-order chi connectivity index (χ1) is 12.6. The molecule has 0 aliphatic heterocycles. The summed E-state index contributed by atoms with van der Waals surface area (Å²) in [6, 6.07) is 10.2. The Balaban J connectivity index is 1.67. The Morgan fingerprint density at radius 1 is 1.19 bits per heavy atom. The summed E-state index contributed by atoms with van der Waals surface area (Å²) in [6.07, 6.45) is 6.21. The number of nitrogens with zero attached hydrogens (tertiary/aromatic N) is 3. The zero-order valence-corrected chi connectivity index (χ0v) is 15.7. The fraction of sp³-hybridized carbons (Fsp3) is 0.550. The molecule has 1 aliphatic rings. The van der Waals surface area contributed by atoms with Gasteiger partial charge in [-0.3, -0.25) is 9.69 Å². The van der Waals surface area contributed by atoms with Crippen molar-refractivity contribution in [1.29, 1.82) is 0 Å². The van der Waals surface area contributed by atoms with Crippen molar-refractivity contribution in [1.82, 2.24) is 20.4 Å². The maximum Gasteiger partial charge on any atom is 0.234 e.